The maximum absolute atomic E-state index is 5.42. The first-order chi connectivity index (χ1) is 9.67. The van der Waals surface area contributed by atoms with Crippen LogP contribution in [0.5, 0.6) is 0 Å². The summed E-state index contributed by atoms with van der Waals surface area (Å²) in [5.41, 5.74) is 4.75. The number of nitrogens with two attached hydrogens (primary N) is 1. The highest BCUT2D eigenvalue weighted by molar-refractivity contribution is 14.1. The van der Waals surface area contributed by atoms with Crippen LogP contribution in [0.4, 0.5) is 17.5 Å². The number of anilines is 3. The number of fused-ring (bicyclic) bond motifs is 1. The lowest BCUT2D eigenvalue weighted by Crippen LogP contribution is -2.11. The van der Waals surface area contributed by atoms with E-state index in [-0.39, 0.29) is 0 Å². The van der Waals surface area contributed by atoms with Crippen molar-refractivity contribution in [1.82, 2.24) is 9.97 Å². The molecule has 2 aromatic heterocycles. The lowest BCUT2D eigenvalue weighted by atomic mass is 10.2. The molecule has 4 N–H and O–H groups in total. The van der Waals surface area contributed by atoms with Crippen molar-refractivity contribution in [1.29, 1.82) is 0 Å². The summed E-state index contributed by atoms with van der Waals surface area (Å²) in [7, 11) is 0. The Bertz CT molecular complexity index is 771. The van der Waals surface area contributed by atoms with Gasteiger partial charge in [-0.25, -0.2) is 10.8 Å². The van der Waals surface area contributed by atoms with Gasteiger partial charge < -0.3 is 5.32 Å². The number of aryl methyl sites for hydroxylation is 1. The molecule has 0 saturated carbocycles. The molecule has 0 saturated heterocycles. The Labute approximate surface area is 133 Å². The number of nitrogens with one attached hydrogen (secondary N) is 2. The molecule has 3 aromatic rings. The standard InChI is InChI=1S/C13H12IN5S/c1-7-2-3-8(6-10(7)14)16-11-9-4-5-20-12(9)18-13(17-11)19-15/h2-6H,15H2,1H3,(H2,16,17,18,19). The lowest BCUT2D eigenvalue weighted by Gasteiger charge is -2.09. The van der Waals surface area contributed by atoms with E-state index in [0.29, 0.717) is 5.95 Å². The van der Waals surface area contributed by atoms with Crippen molar-refractivity contribution in [3.05, 3.63) is 38.8 Å². The topological polar surface area (TPSA) is 75.9 Å². The quantitative estimate of drug-likeness (QED) is 0.358. The van der Waals surface area contributed by atoms with Crippen LogP contribution in [0.3, 0.4) is 0 Å². The van der Waals surface area contributed by atoms with E-state index in [0.717, 1.165) is 21.7 Å². The van der Waals surface area contributed by atoms with Gasteiger partial charge in [-0.05, 0) is 58.7 Å². The maximum Gasteiger partial charge on any atom is 0.240 e. The molecule has 0 atom stereocenters. The minimum atomic E-state index is 0.407. The fourth-order valence-corrected chi connectivity index (χ4v) is 3.10. The van der Waals surface area contributed by atoms with Crippen LogP contribution in [-0.2, 0) is 0 Å². The molecule has 0 aliphatic heterocycles. The number of nitrogens with zero attached hydrogens (tertiary/aromatic N) is 2. The van der Waals surface area contributed by atoms with Crippen molar-refractivity contribution in [3.8, 4) is 0 Å². The third kappa shape index (κ3) is 2.56. The first-order valence-corrected chi connectivity index (χ1v) is 7.88. The summed E-state index contributed by atoms with van der Waals surface area (Å²) >= 11 is 3.88. The third-order valence-corrected chi connectivity index (χ3v) is 4.86. The summed E-state index contributed by atoms with van der Waals surface area (Å²) in [4.78, 5) is 9.60. The predicted octanol–water partition coefficient (Wildman–Crippen LogP) is 3.63. The van der Waals surface area contributed by atoms with E-state index in [4.69, 9.17) is 5.84 Å². The molecule has 3 rings (SSSR count). The Kier molecular flexibility index (Phi) is 3.72. The van der Waals surface area contributed by atoms with Gasteiger partial charge in [0.15, 0.2) is 0 Å². The fourth-order valence-electron chi connectivity index (χ4n) is 1.82. The van der Waals surface area contributed by atoms with Crippen molar-refractivity contribution < 1.29 is 0 Å². The summed E-state index contributed by atoms with van der Waals surface area (Å²) in [6.07, 6.45) is 0. The maximum atomic E-state index is 5.42. The average Bonchev–Trinajstić information content (AvgIpc) is 2.91. The predicted molar refractivity (Wildman–Crippen MR) is 92.4 cm³/mol. The van der Waals surface area contributed by atoms with E-state index >= 15 is 0 Å². The lowest BCUT2D eigenvalue weighted by molar-refractivity contribution is 1.16. The van der Waals surface area contributed by atoms with Crippen LogP contribution in [0.1, 0.15) is 5.56 Å². The minimum Gasteiger partial charge on any atom is -0.339 e. The number of nitrogen functional groups attached to an aromatic ring is 1. The molecule has 0 bridgehead atoms. The van der Waals surface area contributed by atoms with E-state index in [2.05, 4.69) is 62.4 Å². The van der Waals surface area contributed by atoms with E-state index in [9.17, 15) is 0 Å². The van der Waals surface area contributed by atoms with Crippen molar-refractivity contribution >= 4 is 61.6 Å². The Morgan fingerprint density at radius 3 is 2.85 bits per heavy atom. The molecule has 0 amide bonds. The Balaban J connectivity index is 2.04. The molecular formula is C13H12IN5S. The monoisotopic (exact) mass is 397 g/mol. The van der Waals surface area contributed by atoms with Gasteiger partial charge in [0.1, 0.15) is 10.6 Å². The highest BCUT2D eigenvalue weighted by Crippen LogP contribution is 2.29. The summed E-state index contributed by atoms with van der Waals surface area (Å²) in [6, 6.07) is 8.21. The molecule has 0 aliphatic carbocycles. The number of rotatable bonds is 3. The number of halogens is 1. The normalized spacial score (nSPS) is 10.8. The molecule has 0 spiro atoms. The number of thiophene rings is 1. The van der Waals surface area contributed by atoms with E-state index < -0.39 is 0 Å². The molecule has 5 nitrogen and oxygen atoms in total. The van der Waals surface area contributed by atoms with E-state index in [1.807, 2.05) is 17.5 Å². The fraction of sp³-hybridized carbons (Fsp3) is 0.0769. The highest BCUT2D eigenvalue weighted by Gasteiger charge is 2.09. The van der Waals surface area contributed by atoms with Crippen molar-refractivity contribution in [2.45, 2.75) is 6.92 Å². The highest BCUT2D eigenvalue weighted by atomic mass is 127. The second-order valence-electron chi connectivity index (χ2n) is 4.27. The minimum absolute atomic E-state index is 0.407. The van der Waals surface area contributed by atoms with Crippen LogP contribution < -0.4 is 16.6 Å². The Hall–Kier alpha value is -1.45. The molecule has 2 heterocycles. The zero-order chi connectivity index (χ0) is 14.1. The van der Waals surface area contributed by atoms with Crippen LogP contribution in [0.2, 0.25) is 0 Å². The first-order valence-electron chi connectivity index (χ1n) is 5.92. The molecule has 102 valence electrons. The van der Waals surface area contributed by atoms with Gasteiger partial charge >= 0.3 is 0 Å². The van der Waals surface area contributed by atoms with Gasteiger partial charge in [-0.1, -0.05) is 6.07 Å². The third-order valence-electron chi connectivity index (χ3n) is 2.89. The van der Waals surface area contributed by atoms with Crippen molar-refractivity contribution in [2.75, 3.05) is 10.7 Å². The van der Waals surface area contributed by atoms with Gasteiger partial charge in [-0.2, -0.15) is 4.98 Å². The van der Waals surface area contributed by atoms with Crippen LogP contribution in [0, 0.1) is 10.5 Å². The van der Waals surface area contributed by atoms with Gasteiger partial charge in [0, 0.05) is 9.26 Å². The van der Waals surface area contributed by atoms with Crippen LogP contribution in [0.25, 0.3) is 10.2 Å². The molecule has 7 heteroatoms. The second-order valence-corrected chi connectivity index (χ2v) is 6.33. The van der Waals surface area contributed by atoms with Gasteiger partial charge in [0.25, 0.3) is 0 Å². The summed E-state index contributed by atoms with van der Waals surface area (Å²) in [5.74, 6) is 6.58. The zero-order valence-corrected chi connectivity index (χ0v) is 13.6. The molecular weight excluding hydrogens is 385 g/mol. The summed E-state index contributed by atoms with van der Waals surface area (Å²) < 4.78 is 1.21. The van der Waals surface area contributed by atoms with Gasteiger partial charge in [0.05, 0.1) is 5.39 Å². The molecule has 0 aliphatic rings. The number of hydrogen-bond acceptors (Lipinski definition) is 6. The van der Waals surface area contributed by atoms with Crippen LogP contribution in [-0.4, -0.2) is 9.97 Å². The van der Waals surface area contributed by atoms with Crippen LogP contribution >= 0.6 is 33.9 Å². The van der Waals surface area contributed by atoms with Crippen molar-refractivity contribution in [2.24, 2.45) is 5.84 Å². The average molecular weight is 397 g/mol. The van der Waals surface area contributed by atoms with Crippen molar-refractivity contribution in [3.63, 3.8) is 0 Å². The SMILES string of the molecule is Cc1ccc(Nc2nc(NN)nc3sccc23)cc1I. The zero-order valence-electron chi connectivity index (χ0n) is 10.6. The molecule has 1 aromatic carbocycles. The summed E-state index contributed by atoms with van der Waals surface area (Å²) in [6.45, 7) is 2.09. The second kappa shape index (κ2) is 5.51. The Morgan fingerprint density at radius 2 is 2.10 bits per heavy atom. The van der Waals surface area contributed by atoms with E-state index in [1.54, 1.807) is 11.3 Å². The number of benzene rings is 1. The smallest absolute Gasteiger partial charge is 0.240 e. The van der Waals surface area contributed by atoms with E-state index in [1.165, 1.54) is 9.13 Å². The number of aromatic nitrogens is 2. The summed E-state index contributed by atoms with van der Waals surface area (Å²) in [5, 5.41) is 6.31. The molecule has 20 heavy (non-hydrogen) atoms. The number of hydrazine groups is 1. The van der Waals surface area contributed by atoms with Gasteiger partial charge in [-0.15, -0.1) is 11.3 Å². The van der Waals surface area contributed by atoms with Crippen LogP contribution in [0.15, 0.2) is 29.6 Å². The molecule has 0 unspecified atom stereocenters. The molecule has 0 radical (unpaired) electrons. The largest absolute Gasteiger partial charge is 0.339 e. The Morgan fingerprint density at radius 1 is 1.25 bits per heavy atom. The van der Waals surface area contributed by atoms with Gasteiger partial charge in [-0.3, -0.25) is 5.43 Å². The number of hydrogen-bond donors (Lipinski definition) is 3. The van der Waals surface area contributed by atoms with Gasteiger partial charge in [0.2, 0.25) is 5.95 Å². The molecule has 0 fully saturated rings. The first kappa shape index (κ1) is 13.5.